The Morgan fingerprint density at radius 3 is 1.89 bits per heavy atom. The Kier molecular flexibility index (Phi) is 8.75. The Bertz CT molecular complexity index is 1030. The Morgan fingerprint density at radius 1 is 0.789 bits per heavy atom. The van der Waals surface area contributed by atoms with Gasteiger partial charge in [0.25, 0.3) is 0 Å². The number of piperidine rings is 2. The van der Waals surface area contributed by atoms with Crippen molar-refractivity contribution in [3.63, 3.8) is 0 Å². The Hall–Kier alpha value is -2.94. The number of aliphatic carboxylic acids is 2. The second-order valence-corrected chi connectivity index (χ2v) is 12.0. The quantitative estimate of drug-likeness (QED) is 0.496. The molecule has 3 fully saturated rings. The van der Waals surface area contributed by atoms with Gasteiger partial charge in [0.1, 0.15) is 0 Å². The van der Waals surface area contributed by atoms with Crippen molar-refractivity contribution in [2.45, 2.75) is 103 Å². The number of anilines is 2. The molecule has 7 atom stereocenters. The van der Waals surface area contributed by atoms with Crippen LogP contribution in [0.2, 0.25) is 0 Å². The minimum Gasteiger partial charge on any atom is -0.474 e. The van der Waals surface area contributed by atoms with Crippen LogP contribution >= 0.6 is 0 Å². The number of amides is 2. The van der Waals surface area contributed by atoms with Crippen molar-refractivity contribution in [3.05, 3.63) is 24.3 Å². The van der Waals surface area contributed by atoms with Crippen molar-refractivity contribution < 1.29 is 29.4 Å². The zero-order valence-corrected chi connectivity index (χ0v) is 22.6. The molecule has 208 valence electrons. The molecule has 2 amide bonds. The van der Waals surface area contributed by atoms with E-state index in [0.29, 0.717) is 30.7 Å². The van der Waals surface area contributed by atoms with E-state index < -0.39 is 23.8 Å². The minimum absolute atomic E-state index is 0.110. The fraction of sp³-hybridized carbons (Fsp3) is 0.655. The van der Waals surface area contributed by atoms with Gasteiger partial charge < -0.3 is 15.5 Å². The molecule has 9 nitrogen and oxygen atoms in total. The third kappa shape index (κ3) is 6.20. The number of nitrogens with one attached hydrogen (secondary N) is 1. The fourth-order valence-electron chi connectivity index (χ4n) is 7.67. The maximum atomic E-state index is 13.1. The molecule has 4 rings (SSSR count). The van der Waals surface area contributed by atoms with Gasteiger partial charge >= 0.3 is 23.8 Å². The van der Waals surface area contributed by atoms with Crippen LogP contribution in [-0.2, 0) is 19.2 Å². The lowest BCUT2D eigenvalue weighted by Crippen LogP contribution is -2.61. The summed E-state index contributed by atoms with van der Waals surface area (Å²) >= 11 is 0. The van der Waals surface area contributed by atoms with Gasteiger partial charge in [-0.2, -0.15) is 0 Å². The van der Waals surface area contributed by atoms with Crippen molar-refractivity contribution in [3.8, 4) is 0 Å². The molecule has 2 heterocycles. The number of hydrogen-bond acceptors (Lipinski definition) is 5. The molecule has 2 saturated heterocycles. The summed E-state index contributed by atoms with van der Waals surface area (Å²) in [5.41, 5.74) is 0.326. The molecule has 3 N–H and O–H groups in total. The molecule has 9 heteroatoms. The molecule has 1 saturated carbocycles. The number of carboxylic acid groups (broad SMARTS) is 2. The number of carboxylic acids is 2. The highest BCUT2D eigenvalue weighted by atomic mass is 16.4. The van der Waals surface area contributed by atoms with E-state index in [0.717, 1.165) is 38.0 Å². The Morgan fingerprint density at radius 2 is 1.34 bits per heavy atom. The maximum absolute atomic E-state index is 13.1. The molecule has 0 spiro atoms. The van der Waals surface area contributed by atoms with Crippen LogP contribution in [0.3, 0.4) is 0 Å². The number of para-hydroxylation sites is 2. The van der Waals surface area contributed by atoms with Gasteiger partial charge in [-0.15, -0.1) is 0 Å². The predicted octanol–water partition coefficient (Wildman–Crippen LogP) is 4.36. The monoisotopic (exact) mass is 527 g/mol. The first-order valence-corrected chi connectivity index (χ1v) is 14.0. The first-order valence-electron chi connectivity index (χ1n) is 14.0. The minimum atomic E-state index is -1.66. The SMILES string of the molecule is CC1C[C@@H](C)CC(N2[C@@H]3CCC[C@H]2CC(N(C(=O)C(=O)O)c2ccccc2NC(=O)C(=O)O)C3)C[C@@H](C)C1. The van der Waals surface area contributed by atoms with Crippen molar-refractivity contribution in [2.24, 2.45) is 17.8 Å². The van der Waals surface area contributed by atoms with Crippen molar-refractivity contribution in [1.29, 1.82) is 0 Å². The lowest BCUT2D eigenvalue weighted by Gasteiger charge is -2.55. The third-order valence-corrected chi connectivity index (χ3v) is 8.76. The summed E-state index contributed by atoms with van der Waals surface area (Å²) in [6, 6.07) is 6.94. The van der Waals surface area contributed by atoms with E-state index in [1.807, 2.05) is 0 Å². The fourth-order valence-corrected chi connectivity index (χ4v) is 7.67. The second kappa shape index (κ2) is 11.8. The van der Waals surface area contributed by atoms with Crippen LogP contribution in [0.1, 0.15) is 78.6 Å². The van der Waals surface area contributed by atoms with E-state index in [2.05, 4.69) is 31.0 Å². The summed E-state index contributed by atoms with van der Waals surface area (Å²) in [5, 5.41) is 21.1. The van der Waals surface area contributed by atoms with Gasteiger partial charge in [-0.3, -0.25) is 19.4 Å². The van der Waals surface area contributed by atoms with Crippen LogP contribution in [0.4, 0.5) is 11.4 Å². The zero-order chi connectivity index (χ0) is 27.6. The molecule has 1 aromatic carbocycles. The molecule has 2 aliphatic heterocycles. The Balaban J connectivity index is 1.63. The van der Waals surface area contributed by atoms with Crippen LogP contribution in [0, 0.1) is 17.8 Å². The van der Waals surface area contributed by atoms with Gasteiger partial charge in [-0.1, -0.05) is 39.3 Å². The Labute approximate surface area is 224 Å². The van der Waals surface area contributed by atoms with Crippen molar-refractivity contribution in [2.75, 3.05) is 10.2 Å². The van der Waals surface area contributed by atoms with E-state index in [4.69, 9.17) is 5.11 Å². The average Bonchev–Trinajstić information content (AvgIpc) is 2.83. The first-order chi connectivity index (χ1) is 18.0. The van der Waals surface area contributed by atoms with E-state index in [-0.39, 0.29) is 29.5 Å². The van der Waals surface area contributed by atoms with Gasteiger partial charge in [0.05, 0.1) is 11.4 Å². The van der Waals surface area contributed by atoms with Crippen LogP contribution in [0.25, 0.3) is 0 Å². The lowest BCUT2D eigenvalue weighted by molar-refractivity contribution is -0.149. The van der Waals surface area contributed by atoms with Gasteiger partial charge in [-0.25, -0.2) is 9.59 Å². The smallest absolute Gasteiger partial charge is 0.394 e. The second-order valence-electron chi connectivity index (χ2n) is 12.0. The summed E-state index contributed by atoms with van der Waals surface area (Å²) in [6.45, 7) is 7.08. The third-order valence-electron chi connectivity index (χ3n) is 8.76. The van der Waals surface area contributed by atoms with Crippen molar-refractivity contribution in [1.82, 2.24) is 4.90 Å². The average molecular weight is 528 g/mol. The number of carbonyl (C=O) groups is 4. The highest BCUT2D eigenvalue weighted by Gasteiger charge is 2.46. The van der Waals surface area contributed by atoms with Gasteiger partial charge in [-0.05, 0) is 81.3 Å². The van der Waals surface area contributed by atoms with Gasteiger partial charge in [0, 0.05) is 24.2 Å². The van der Waals surface area contributed by atoms with E-state index in [9.17, 15) is 24.3 Å². The zero-order valence-electron chi connectivity index (χ0n) is 22.6. The van der Waals surface area contributed by atoms with Crippen LogP contribution < -0.4 is 10.2 Å². The normalized spacial score (nSPS) is 31.9. The molecule has 38 heavy (non-hydrogen) atoms. The highest BCUT2D eigenvalue weighted by molar-refractivity contribution is 6.39. The van der Waals surface area contributed by atoms with Crippen LogP contribution in [-0.4, -0.2) is 63.0 Å². The molecule has 1 aliphatic carbocycles. The molecule has 2 bridgehead atoms. The van der Waals surface area contributed by atoms with E-state index in [1.165, 1.54) is 23.8 Å². The summed E-state index contributed by atoms with van der Waals surface area (Å²) in [5.74, 6) is -3.51. The number of nitrogens with zero attached hydrogens (tertiary/aromatic N) is 2. The maximum Gasteiger partial charge on any atom is 0.394 e. The molecule has 0 radical (unpaired) electrons. The van der Waals surface area contributed by atoms with Crippen molar-refractivity contribution >= 4 is 35.1 Å². The van der Waals surface area contributed by atoms with Gasteiger partial charge in [0.15, 0.2) is 0 Å². The molecular weight excluding hydrogens is 486 g/mol. The number of benzene rings is 1. The summed E-state index contributed by atoms with van der Waals surface area (Å²) in [6.07, 6.45) is 9.23. The standard InChI is InChI=1S/C29H41N3O6/c1-17-11-18(2)13-22(14-19(3)12-17)31-20-7-6-8-21(31)16-23(15-20)32(27(34)29(37)38)25-10-5-4-9-24(25)30-26(33)28(35)36/h4-5,9-10,17-23H,6-8,11-16H2,1-3H3,(H,30,33)(H,35,36)(H,37,38)/t17?,18-,19+,20-,21+,22?,23?. The molecule has 0 aromatic heterocycles. The lowest BCUT2D eigenvalue weighted by atomic mass is 9.75. The highest BCUT2D eigenvalue weighted by Crippen LogP contribution is 2.43. The number of rotatable bonds is 4. The summed E-state index contributed by atoms with van der Waals surface area (Å²) in [4.78, 5) is 52.1. The van der Waals surface area contributed by atoms with Crippen LogP contribution in [0.5, 0.6) is 0 Å². The number of fused-ring (bicyclic) bond motifs is 2. The number of carbonyl (C=O) groups excluding carboxylic acids is 2. The summed E-state index contributed by atoms with van der Waals surface area (Å²) in [7, 11) is 0. The molecule has 3 unspecified atom stereocenters. The van der Waals surface area contributed by atoms with Gasteiger partial charge in [0.2, 0.25) is 0 Å². The van der Waals surface area contributed by atoms with E-state index >= 15 is 0 Å². The number of hydrogen-bond donors (Lipinski definition) is 3. The first kappa shape index (κ1) is 28.1. The largest absolute Gasteiger partial charge is 0.474 e. The topological polar surface area (TPSA) is 127 Å². The molecule has 3 aliphatic rings. The summed E-state index contributed by atoms with van der Waals surface area (Å²) < 4.78 is 0. The molecule has 1 aromatic rings. The van der Waals surface area contributed by atoms with E-state index in [1.54, 1.807) is 18.2 Å². The molecular formula is C29H41N3O6. The predicted molar refractivity (Wildman–Crippen MR) is 144 cm³/mol. The van der Waals surface area contributed by atoms with Crippen LogP contribution in [0.15, 0.2) is 24.3 Å².